The first kappa shape index (κ1) is 18.0. The average Bonchev–Trinajstić information content (AvgIpc) is 3.18. The second kappa shape index (κ2) is 8.55. The zero-order valence-corrected chi connectivity index (χ0v) is 14.0. The lowest BCUT2D eigenvalue weighted by Gasteiger charge is -2.14. The van der Waals surface area contributed by atoms with Crippen LogP contribution in [0.25, 0.3) is 11.1 Å². The second-order valence-corrected chi connectivity index (χ2v) is 5.86. The molecule has 2 aromatic carbocycles. The molecule has 1 unspecified atom stereocenters. The number of aliphatic hydroxyl groups is 1. The summed E-state index contributed by atoms with van der Waals surface area (Å²) in [5.74, 6) is -1.74. The highest BCUT2D eigenvalue weighted by atomic mass is 19.2. The van der Waals surface area contributed by atoms with Crippen molar-refractivity contribution in [2.45, 2.75) is 12.6 Å². The van der Waals surface area contributed by atoms with Gasteiger partial charge in [0.2, 0.25) is 0 Å². The van der Waals surface area contributed by atoms with Gasteiger partial charge in [0.25, 0.3) is 0 Å². The summed E-state index contributed by atoms with van der Waals surface area (Å²) in [7, 11) is 0. The van der Waals surface area contributed by atoms with Gasteiger partial charge < -0.3 is 15.2 Å². The summed E-state index contributed by atoms with van der Waals surface area (Å²) in [6.45, 7) is 0.862. The molecule has 3 N–H and O–H groups in total. The Bertz CT molecular complexity index is 841. The minimum atomic E-state index is -0.979. The highest BCUT2D eigenvalue weighted by Gasteiger charge is 2.08. The maximum atomic E-state index is 13.1. The average molecular weight is 359 g/mol. The molecule has 3 rings (SSSR count). The third-order valence-electron chi connectivity index (χ3n) is 3.80. The number of ether oxygens (including phenoxy) is 1. The van der Waals surface area contributed by atoms with Crippen molar-refractivity contribution in [1.82, 2.24) is 15.5 Å². The van der Waals surface area contributed by atoms with Gasteiger partial charge in [-0.15, -0.1) is 0 Å². The van der Waals surface area contributed by atoms with Gasteiger partial charge in [0.15, 0.2) is 11.6 Å². The summed E-state index contributed by atoms with van der Waals surface area (Å²) < 4.78 is 31.2. The molecule has 0 aliphatic heterocycles. The predicted molar refractivity (Wildman–Crippen MR) is 93.6 cm³/mol. The minimum Gasteiger partial charge on any atom is -0.491 e. The van der Waals surface area contributed by atoms with E-state index in [-0.39, 0.29) is 12.4 Å². The smallest absolute Gasteiger partial charge is 0.162 e. The normalized spacial score (nSPS) is 12.1. The van der Waals surface area contributed by atoms with Gasteiger partial charge in [-0.3, -0.25) is 5.10 Å². The monoisotopic (exact) mass is 359 g/mol. The molecular formula is C19H19F2N3O2. The van der Waals surface area contributed by atoms with Gasteiger partial charge in [-0.25, -0.2) is 8.78 Å². The number of aliphatic hydroxyl groups excluding tert-OH is 1. The summed E-state index contributed by atoms with van der Waals surface area (Å²) in [5.41, 5.74) is 3.13. The molecule has 0 spiro atoms. The lowest BCUT2D eigenvalue weighted by Crippen LogP contribution is -2.31. The molecule has 0 aliphatic rings. The Morgan fingerprint density at radius 1 is 1.12 bits per heavy atom. The number of benzene rings is 2. The molecule has 1 aromatic heterocycles. The number of rotatable bonds is 8. The zero-order chi connectivity index (χ0) is 18.4. The first-order valence-corrected chi connectivity index (χ1v) is 8.16. The van der Waals surface area contributed by atoms with Crippen molar-refractivity contribution < 1.29 is 18.6 Å². The lowest BCUT2D eigenvalue weighted by molar-refractivity contribution is 0.106. The number of aromatic nitrogens is 2. The van der Waals surface area contributed by atoms with Gasteiger partial charge >= 0.3 is 0 Å². The molecule has 0 saturated carbocycles. The van der Waals surface area contributed by atoms with E-state index in [4.69, 9.17) is 4.74 Å². The van der Waals surface area contributed by atoms with Crippen LogP contribution in [0.4, 0.5) is 8.78 Å². The Balaban J connectivity index is 1.44. The molecule has 0 fully saturated rings. The van der Waals surface area contributed by atoms with E-state index >= 15 is 0 Å². The zero-order valence-electron chi connectivity index (χ0n) is 14.0. The third kappa shape index (κ3) is 4.87. The van der Waals surface area contributed by atoms with Crippen LogP contribution in [-0.2, 0) is 6.54 Å². The van der Waals surface area contributed by atoms with Crippen molar-refractivity contribution in [2.24, 2.45) is 0 Å². The van der Waals surface area contributed by atoms with Gasteiger partial charge in [0.05, 0.1) is 6.20 Å². The number of H-pyrrole nitrogens is 1. The molecule has 0 radical (unpaired) electrons. The molecule has 7 heteroatoms. The van der Waals surface area contributed by atoms with Crippen molar-refractivity contribution >= 4 is 0 Å². The Morgan fingerprint density at radius 2 is 2.00 bits per heavy atom. The van der Waals surface area contributed by atoms with Gasteiger partial charge in [0.1, 0.15) is 18.5 Å². The Morgan fingerprint density at radius 3 is 2.77 bits per heavy atom. The van der Waals surface area contributed by atoms with E-state index in [2.05, 4.69) is 15.5 Å². The number of aromatic amines is 1. The van der Waals surface area contributed by atoms with E-state index in [9.17, 15) is 13.9 Å². The lowest BCUT2D eigenvalue weighted by atomic mass is 10.1. The summed E-state index contributed by atoms with van der Waals surface area (Å²) in [6.07, 6.45) is 2.80. The number of nitrogens with one attached hydrogen (secondary N) is 2. The SMILES string of the molecule is OC(CNCc1cccc(-c2cn[nH]c2)c1)COc1ccc(F)c(F)c1. The first-order chi connectivity index (χ1) is 12.6. The fourth-order valence-electron chi connectivity index (χ4n) is 2.47. The molecular weight excluding hydrogens is 340 g/mol. The summed E-state index contributed by atoms with van der Waals surface area (Å²) in [5, 5.41) is 19.8. The minimum absolute atomic E-state index is 0.0207. The third-order valence-corrected chi connectivity index (χ3v) is 3.80. The van der Waals surface area contributed by atoms with Gasteiger partial charge in [-0.2, -0.15) is 5.10 Å². The maximum Gasteiger partial charge on any atom is 0.162 e. The quantitative estimate of drug-likeness (QED) is 0.578. The predicted octanol–water partition coefficient (Wildman–Crippen LogP) is 2.88. The van der Waals surface area contributed by atoms with E-state index in [0.29, 0.717) is 13.1 Å². The molecule has 1 heterocycles. The second-order valence-electron chi connectivity index (χ2n) is 5.86. The number of halogens is 2. The van der Waals surface area contributed by atoms with Gasteiger partial charge in [-0.1, -0.05) is 18.2 Å². The van der Waals surface area contributed by atoms with Gasteiger partial charge in [0, 0.05) is 30.9 Å². The van der Waals surface area contributed by atoms with E-state index in [1.165, 1.54) is 6.07 Å². The van der Waals surface area contributed by atoms with Crippen LogP contribution in [0.2, 0.25) is 0 Å². The van der Waals surface area contributed by atoms with E-state index in [0.717, 1.165) is 28.8 Å². The van der Waals surface area contributed by atoms with E-state index in [1.807, 2.05) is 30.5 Å². The van der Waals surface area contributed by atoms with Crippen LogP contribution in [-0.4, -0.2) is 34.6 Å². The molecule has 0 amide bonds. The molecule has 1 atom stereocenters. The molecule has 0 bridgehead atoms. The van der Waals surface area contributed by atoms with Crippen molar-refractivity contribution in [3.8, 4) is 16.9 Å². The fourth-order valence-corrected chi connectivity index (χ4v) is 2.47. The summed E-state index contributed by atoms with van der Waals surface area (Å²) >= 11 is 0. The molecule has 0 saturated heterocycles. The van der Waals surface area contributed by atoms with Crippen molar-refractivity contribution in [3.05, 3.63) is 72.1 Å². The highest BCUT2D eigenvalue weighted by molar-refractivity contribution is 5.62. The summed E-state index contributed by atoms with van der Waals surface area (Å²) in [4.78, 5) is 0. The van der Waals surface area contributed by atoms with Crippen LogP contribution in [0.3, 0.4) is 0 Å². The molecule has 136 valence electrons. The van der Waals surface area contributed by atoms with E-state index in [1.54, 1.807) is 6.20 Å². The van der Waals surface area contributed by atoms with Crippen LogP contribution in [0.15, 0.2) is 54.9 Å². The van der Waals surface area contributed by atoms with Crippen LogP contribution < -0.4 is 10.1 Å². The first-order valence-electron chi connectivity index (χ1n) is 8.16. The largest absolute Gasteiger partial charge is 0.491 e. The van der Waals surface area contributed by atoms with Crippen molar-refractivity contribution in [1.29, 1.82) is 0 Å². The topological polar surface area (TPSA) is 70.2 Å². The van der Waals surface area contributed by atoms with Crippen LogP contribution in [0.1, 0.15) is 5.56 Å². The Kier molecular flexibility index (Phi) is 5.93. The highest BCUT2D eigenvalue weighted by Crippen LogP contribution is 2.19. The summed E-state index contributed by atoms with van der Waals surface area (Å²) in [6, 6.07) is 11.3. The maximum absolute atomic E-state index is 13.1. The fraction of sp³-hybridized carbons (Fsp3) is 0.211. The molecule has 3 aromatic rings. The Hall–Kier alpha value is -2.77. The van der Waals surface area contributed by atoms with Crippen LogP contribution >= 0.6 is 0 Å². The number of nitrogens with zero attached hydrogens (tertiary/aromatic N) is 1. The van der Waals surface area contributed by atoms with Crippen LogP contribution in [0, 0.1) is 11.6 Å². The van der Waals surface area contributed by atoms with Crippen molar-refractivity contribution in [3.63, 3.8) is 0 Å². The molecule has 26 heavy (non-hydrogen) atoms. The number of hydrogen-bond donors (Lipinski definition) is 3. The standard InChI is InChI=1S/C19H19F2N3O2/c20-18-5-4-17(7-19(18)21)26-12-16(25)11-22-8-13-2-1-3-14(6-13)15-9-23-24-10-15/h1-7,9-10,16,22,25H,8,11-12H2,(H,23,24). The van der Waals surface area contributed by atoms with E-state index < -0.39 is 17.7 Å². The Labute approximate surface area is 149 Å². The molecule has 5 nitrogen and oxygen atoms in total. The van der Waals surface area contributed by atoms with Gasteiger partial charge in [-0.05, 0) is 29.3 Å². The van der Waals surface area contributed by atoms with Crippen molar-refractivity contribution in [2.75, 3.05) is 13.2 Å². The number of hydrogen-bond acceptors (Lipinski definition) is 4. The van der Waals surface area contributed by atoms with Crippen LogP contribution in [0.5, 0.6) is 5.75 Å². The molecule has 0 aliphatic carbocycles.